The molecule has 0 aromatic heterocycles. The van der Waals surface area contributed by atoms with Crippen molar-refractivity contribution in [1.82, 2.24) is 0 Å². The quantitative estimate of drug-likeness (QED) is 0.672. The summed E-state index contributed by atoms with van der Waals surface area (Å²) >= 11 is 0. The number of nitrogens with zero attached hydrogens (tertiary/aromatic N) is 2. The first-order valence-corrected chi connectivity index (χ1v) is 8.36. The first-order chi connectivity index (χ1) is 10.9. The molecule has 0 saturated heterocycles. The molecule has 1 unspecified atom stereocenters. The van der Waals surface area contributed by atoms with Crippen LogP contribution in [-0.2, 0) is 0 Å². The highest BCUT2D eigenvalue weighted by Crippen LogP contribution is 2.43. The molecule has 23 heavy (non-hydrogen) atoms. The second-order valence-corrected chi connectivity index (χ2v) is 7.34. The third-order valence-electron chi connectivity index (χ3n) is 5.13. The Morgan fingerprint density at radius 1 is 1.17 bits per heavy atom. The number of hydrogen-bond donors (Lipinski definition) is 0. The van der Waals surface area contributed by atoms with Crippen molar-refractivity contribution >= 4 is 17.6 Å². The van der Waals surface area contributed by atoms with Crippen LogP contribution in [0.3, 0.4) is 0 Å². The topological polar surface area (TPSA) is 15.6 Å². The minimum Gasteiger partial charge on any atom is -0.369 e. The Balaban J connectivity index is 1.99. The van der Waals surface area contributed by atoms with Crippen LogP contribution in [0.25, 0.3) is 0 Å². The Hall–Kier alpha value is -2.09. The fourth-order valence-electron chi connectivity index (χ4n) is 3.53. The number of benzene rings is 2. The van der Waals surface area contributed by atoms with Gasteiger partial charge in [-0.2, -0.15) is 0 Å². The molecule has 2 aromatic rings. The van der Waals surface area contributed by atoms with Crippen molar-refractivity contribution in [3.63, 3.8) is 0 Å². The normalized spacial score (nSPS) is 19.9. The summed E-state index contributed by atoms with van der Waals surface area (Å²) in [7, 11) is 2.21. The van der Waals surface area contributed by atoms with E-state index in [4.69, 9.17) is 0 Å². The van der Waals surface area contributed by atoms with E-state index in [9.17, 15) is 0 Å². The van der Waals surface area contributed by atoms with Crippen molar-refractivity contribution in [3.05, 3.63) is 59.2 Å². The van der Waals surface area contributed by atoms with E-state index in [1.54, 1.807) is 0 Å². The van der Waals surface area contributed by atoms with Crippen LogP contribution in [0.4, 0.5) is 11.4 Å². The number of aliphatic imine (C=N–C) groups is 1. The van der Waals surface area contributed by atoms with Gasteiger partial charge in [-0.3, -0.25) is 4.99 Å². The number of para-hydroxylation sites is 1. The van der Waals surface area contributed by atoms with Crippen molar-refractivity contribution in [2.45, 2.75) is 45.6 Å². The molecule has 1 aliphatic rings. The fourth-order valence-corrected chi connectivity index (χ4v) is 3.53. The number of rotatable bonds is 2. The second-order valence-electron chi connectivity index (χ2n) is 7.34. The lowest BCUT2D eigenvalue weighted by Crippen LogP contribution is -2.45. The van der Waals surface area contributed by atoms with E-state index < -0.39 is 0 Å². The number of hydrogen-bond acceptors (Lipinski definition) is 2. The molecular weight excluding hydrogens is 280 g/mol. The number of aryl methyl sites for hydroxylation is 1. The van der Waals surface area contributed by atoms with Crippen LogP contribution < -0.4 is 4.90 Å². The van der Waals surface area contributed by atoms with Crippen LogP contribution in [-0.4, -0.2) is 18.8 Å². The van der Waals surface area contributed by atoms with E-state index in [0.29, 0.717) is 5.92 Å². The zero-order chi connectivity index (χ0) is 16.6. The Morgan fingerprint density at radius 3 is 2.57 bits per heavy atom. The SMILES string of the molecule is Cc1cc2c(cc1C=Nc1ccccc1)C(C)CC(C)(C)N2C. The molecule has 0 N–H and O–H groups in total. The van der Waals surface area contributed by atoms with Crippen LogP contribution >= 0.6 is 0 Å². The molecule has 2 nitrogen and oxygen atoms in total. The van der Waals surface area contributed by atoms with Crippen LogP contribution in [0, 0.1) is 6.92 Å². The van der Waals surface area contributed by atoms with Gasteiger partial charge in [0.25, 0.3) is 0 Å². The zero-order valence-corrected chi connectivity index (χ0v) is 14.8. The largest absolute Gasteiger partial charge is 0.369 e. The minimum atomic E-state index is 0.207. The molecule has 1 heterocycles. The van der Waals surface area contributed by atoms with Crippen molar-refractivity contribution in [1.29, 1.82) is 0 Å². The Morgan fingerprint density at radius 2 is 1.87 bits per heavy atom. The van der Waals surface area contributed by atoms with Gasteiger partial charge in [-0.05, 0) is 74.1 Å². The van der Waals surface area contributed by atoms with Gasteiger partial charge in [-0.1, -0.05) is 25.1 Å². The minimum absolute atomic E-state index is 0.207. The van der Waals surface area contributed by atoms with Gasteiger partial charge in [-0.25, -0.2) is 0 Å². The summed E-state index contributed by atoms with van der Waals surface area (Å²) in [6.45, 7) is 9.16. The van der Waals surface area contributed by atoms with Gasteiger partial charge < -0.3 is 4.90 Å². The molecule has 0 amide bonds. The first-order valence-electron chi connectivity index (χ1n) is 8.36. The molecule has 3 rings (SSSR count). The van der Waals surface area contributed by atoms with Gasteiger partial charge >= 0.3 is 0 Å². The number of fused-ring (bicyclic) bond motifs is 1. The maximum atomic E-state index is 4.62. The Labute approximate surface area is 139 Å². The average Bonchev–Trinajstić information content (AvgIpc) is 2.52. The van der Waals surface area contributed by atoms with Gasteiger partial charge in [0.2, 0.25) is 0 Å². The lowest BCUT2D eigenvalue weighted by molar-refractivity contribution is 0.395. The molecule has 0 aliphatic carbocycles. The predicted octanol–water partition coefficient (Wildman–Crippen LogP) is 5.47. The summed E-state index contributed by atoms with van der Waals surface area (Å²) in [5, 5.41) is 0. The summed E-state index contributed by atoms with van der Waals surface area (Å²) < 4.78 is 0. The highest BCUT2D eigenvalue weighted by atomic mass is 15.2. The lowest BCUT2D eigenvalue weighted by Gasteiger charge is -2.45. The highest BCUT2D eigenvalue weighted by molar-refractivity contribution is 5.85. The molecule has 120 valence electrons. The van der Waals surface area contributed by atoms with Gasteiger partial charge in [0, 0.05) is 24.5 Å². The summed E-state index contributed by atoms with van der Waals surface area (Å²) in [5.74, 6) is 0.570. The van der Waals surface area contributed by atoms with Crippen LogP contribution in [0.1, 0.15) is 49.8 Å². The second kappa shape index (κ2) is 5.84. The number of anilines is 1. The van der Waals surface area contributed by atoms with Crippen molar-refractivity contribution in [3.8, 4) is 0 Å². The molecule has 1 aliphatic heterocycles. The van der Waals surface area contributed by atoms with Gasteiger partial charge in [0.15, 0.2) is 0 Å². The van der Waals surface area contributed by atoms with Crippen molar-refractivity contribution < 1.29 is 0 Å². The summed E-state index contributed by atoms with van der Waals surface area (Å²) in [6.07, 6.45) is 3.17. The molecule has 2 aromatic carbocycles. The van der Waals surface area contributed by atoms with E-state index in [1.807, 2.05) is 36.5 Å². The van der Waals surface area contributed by atoms with Crippen LogP contribution in [0.15, 0.2) is 47.5 Å². The van der Waals surface area contributed by atoms with Crippen LogP contribution in [0.2, 0.25) is 0 Å². The standard InChI is InChI=1S/C21H26N2/c1-15-11-20-19(16(2)13-21(3,4)23(20)5)12-17(15)14-22-18-9-7-6-8-10-18/h6-12,14,16H,13H2,1-5H3. The third kappa shape index (κ3) is 3.03. The van der Waals surface area contributed by atoms with E-state index in [2.05, 4.69) is 56.8 Å². The van der Waals surface area contributed by atoms with E-state index >= 15 is 0 Å². The van der Waals surface area contributed by atoms with Crippen molar-refractivity contribution in [2.24, 2.45) is 4.99 Å². The molecule has 2 heteroatoms. The van der Waals surface area contributed by atoms with Gasteiger partial charge in [0.05, 0.1) is 5.69 Å². The Kier molecular flexibility index (Phi) is 4.01. The molecular formula is C21H26N2. The highest BCUT2D eigenvalue weighted by Gasteiger charge is 2.34. The Bertz CT molecular complexity index is 729. The lowest BCUT2D eigenvalue weighted by atomic mass is 9.79. The molecule has 0 radical (unpaired) electrons. The molecule has 0 fully saturated rings. The third-order valence-corrected chi connectivity index (χ3v) is 5.13. The monoisotopic (exact) mass is 306 g/mol. The van der Waals surface area contributed by atoms with E-state index in [-0.39, 0.29) is 5.54 Å². The molecule has 0 bridgehead atoms. The smallest absolute Gasteiger partial charge is 0.0629 e. The fraction of sp³-hybridized carbons (Fsp3) is 0.381. The summed E-state index contributed by atoms with van der Waals surface area (Å²) in [4.78, 5) is 7.04. The average molecular weight is 306 g/mol. The van der Waals surface area contributed by atoms with Gasteiger partial charge in [0.1, 0.15) is 0 Å². The van der Waals surface area contributed by atoms with E-state index in [1.165, 1.54) is 28.8 Å². The van der Waals surface area contributed by atoms with E-state index in [0.717, 1.165) is 5.69 Å². The van der Waals surface area contributed by atoms with Crippen LogP contribution in [0.5, 0.6) is 0 Å². The predicted molar refractivity (Wildman–Crippen MR) is 100 cm³/mol. The van der Waals surface area contributed by atoms with Gasteiger partial charge in [-0.15, -0.1) is 0 Å². The maximum Gasteiger partial charge on any atom is 0.0629 e. The zero-order valence-electron chi connectivity index (χ0n) is 14.8. The maximum absolute atomic E-state index is 4.62. The summed E-state index contributed by atoms with van der Waals surface area (Å²) in [5.41, 5.74) is 6.50. The molecule has 0 saturated carbocycles. The molecule has 0 spiro atoms. The molecule has 1 atom stereocenters. The summed E-state index contributed by atoms with van der Waals surface area (Å²) in [6, 6.07) is 14.8. The first kappa shape index (κ1) is 15.8. The van der Waals surface area contributed by atoms with Crippen molar-refractivity contribution in [2.75, 3.05) is 11.9 Å².